The van der Waals surface area contributed by atoms with E-state index >= 15 is 0 Å². The minimum absolute atomic E-state index is 0.289. The van der Waals surface area contributed by atoms with Crippen molar-refractivity contribution in [3.05, 3.63) is 59.8 Å². The Balaban J connectivity index is 2.22. The predicted octanol–water partition coefficient (Wildman–Crippen LogP) is 9.15. The molecule has 0 spiro atoms. The third-order valence-corrected chi connectivity index (χ3v) is 12.4. The summed E-state index contributed by atoms with van der Waals surface area (Å²) in [6, 6.07) is 16.4. The van der Waals surface area contributed by atoms with E-state index in [1.807, 2.05) is 6.20 Å². The van der Waals surface area contributed by atoms with Gasteiger partial charge in [-0.25, -0.2) is 10.0 Å². The van der Waals surface area contributed by atoms with Gasteiger partial charge < -0.3 is 0 Å². The quantitative estimate of drug-likeness (QED) is 0.376. The Morgan fingerprint density at radius 2 is 1.39 bits per heavy atom. The van der Waals surface area contributed by atoms with Gasteiger partial charge in [0, 0.05) is 17.1 Å². The smallest absolute Gasteiger partial charge is 0.0780 e. The van der Waals surface area contributed by atoms with Crippen molar-refractivity contribution in [2.45, 2.75) is 83.8 Å². The van der Waals surface area contributed by atoms with Gasteiger partial charge in [-0.2, -0.15) is 0 Å². The fourth-order valence-electron chi connectivity index (χ4n) is 4.87. The SMILES string of the molecule is CCS(CC)(c1ccc2c(-c3cc(C(C)C)cc(C(C)C)c3)nccc2c1)C(C)(C)C. The lowest BCUT2D eigenvalue weighted by Crippen LogP contribution is -2.28. The van der Waals surface area contributed by atoms with E-state index in [1.54, 1.807) is 0 Å². The number of hydrogen-bond donors (Lipinski definition) is 0. The summed E-state index contributed by atoms with van der Waals surface area (Å²) in [6.45, 7) is 21.1. The Bertz CT molecular complexity index is 1030. The normalized spacial score (nSPS) is 13.4. The largest absolute Gasteiger partial charge is 0.256 e. The van der Waals surface area contributed by atoms with Gasteiger partial charge in [-0.05, 0) is 79.8 Å². The molecule has 0 saturated heterocycles. The zero-order valence-electron chi connectivity index (χ0n) is 21.0. The van der Waals surface area contributed by atoms with E-state index in [-0.39, 0.29) is 4.75 Å². The number of pyridine rings is 1. The lowest BCUT2D eigenvalue weighted by molar-refractivity contribution is 0.778. The monoisotopic (exact) mass is 435 g/mol. The zero-order valence-corrected chi connectivity index (χ0v) is 21.9. The van der Waals surface area contributed by atoms with E-state index < -0.39 is 10.0 Å². The molecule has 0 atom stereocenters. The van der Waals surface area contributed by atoms with E-state index in [1.165, 1.54) is 43.9 Å². The predicted molar refractivity (Wildman–Crippen MR) is 142 cm³/mol. The van der Waals surface area contributed by atoms with Crippen LogP contribution >= 0.6 is 10.0 Å². The van der Waals surface area contributed by atoms with E-state index in [0.29, 0.717) is 11.8 Å². The third kappa shape index (κ3) is 4.42. The molecule has 0 saturated carbocycles. The first-order chi connectivity index (χ1) is 14.5. The van der Waals surface area contributed by atoms with Crippen molar-refractivity contribution in [3.8, 4) is 11.3 Å². The first kappa shape index (κ1) is 23.9. The molecule has 31 heavy (non-hydrogen) atoms. The fourth-order valence-corrected chi connectivity index (χ4v) is 9.06. The third-order valence-electron chi connectivity index (χ3n) is 6.93. The van der Waals surface area contributed by atoms with Crippen LogP contribution in [0, 0.1) is 0 Å². The standard InChI is InChI=1S/C29H41NS/c1-10-31(11-2,29(7,8)9)26-12-13-27-22(19-26)14-15-30-28(27)25-17-23(20(3)4)16-24(18-25)21(5)6/h12-21H,10-11H2,1-9H3. The lowest BCUT2D eigenvalue weighted by atomic mass is 9.91. The minimum atomic E-state index is -0.892. The number of fused-ring (bicyclic) bond motifs is 1. The van der Waals surface area contributed by atoms with Gasteiger partial charge in [-0.1, -0.05) is 74.4 Å². The molecule has 1 aromatic heterocycles. The maximum Gasteiger partial charge on any atom is 0.0780 e. The Labute approximate surface area is 192 Å². The van der Waals surface area contributed by atoms with Crippen molar-refractivity contribution in [2.24, 2.45) is 0 Å². The van der Waals surface area contributed by atoms with E-state index in [4.69, 9.17) is 4.98 Å². The molecule has 0 bridgehead atoms. The molecule has 1 nitrogen and oxygen atoms in total. The molecule has 0 fully saturated rings. The molecule has 0 amide bonds. The number of benzene rings is 2. The van der Waals surface area contributed by atoms with Crippen LogP contribution in [0.1, 0.15) is 85.3 Å². The fraction of sp³-hybridized carbons (Fsp3) is 0.483. The molecule has 2 aromatic carbocycles. The van der Waals surface area contributed by atoms with Crippen LogP contribution in [-0.4, -0.2) is 21.2 Å². The van der Waals surface area contributed by atoms with Gasteiger partial charge in [0.1, 0.15) is 0 Å². The molecule has 3 aromatic rings. The molecule has 0 aliphatic heterocycles. The maximum absolute atomic E-state index is 4.87. The first-order valence-electron chi connectivity index (χ1n) is 11.9. The van der Waals surface area contributed by atoms with Crippen LogP contribution in [0.3, 0.4) is 0 Å². The molecular formula is C29H41NS. The second-order valence-corrected chi connectivity index (χ2v) is 14.9. The summed E-state index contributed by atoms with van der Waals surface area (Å²) in [5.74, 6) is 3.46. The van der Waals surface area contributed by atoms with Crippen LogP contribution in [0.2, 0.25) is 0 Å². The van der Waals surface area contributed by atoms with E-state index in [9.17, 15) is 0 Å². The minimum Gasteiger partial charge on any atom is -0.256 e. The van der Waals surface area contributed by atoms with Gasteiger partial charge >= 0.3 is 0 Å². The topological polar surface area (TPSA) is 12.9 Å². The average molecular weight is 436 g/mol. The molecule has 0 aliphatic carbocycles. The Hall–Kier alpha value is -1.80. The van der Waals surface area contributed by atoms with Crippen molar-refractivity contribution >= 4 is 20.8 Å². The molecule has 1 heterocycles. The van der Waals surface area contributed by atoms with E-state index in [0.717, 1.165) is 5.69 Å². The second kappa shape index (κ2) is 8.98. The van der Waals surface area contributed by atoms with Gasteiger partial charge in [-0.15, -0.1) is 0 Å². The van der Waals surface area contributed by atoms with Gasteiger partial charge in [0.15, 0.2) is 0 Å². The second-order valence-electron chi connectivity index (χ2n) is 10.3. The molecule has 2 heteroatoms. The van der Waals surface area contributed by atoms with Gasteiger partial charge in [0.25, 0.3) is 0 Å². The van der Waals surface area contributed by atoms with Gasteiger partial charge in [0.2, 0.25) is 0 Å². The van der Waals surface area contributed by atoms with Crippen LogP contribution in [0.25, 0.3) is 22.0 Å². The Kier molecular flexibility index (Phi) is 6.91. The van der Waals surface area contributed by atoms with Gasteiger partial charge in [0.05, 0.1) is 5.69 Å². The van der Waals surface area contributed by atoms with Crippen molar-refractivity contribution in [1.29, 1.82) is 0 Å². The van der Waals surface area contributed by atoms with Crippen molar-refractivity contribution in [1.82, 2.24) is 4.98 Å². The maximum atomic E-state index is 4.87. The molecular weight excluding hydrogens is 394 g/mol. The lowest BCUT2D eigenvalue weighted by Gasteiger charge is -2.50. The summed E-state index contributed by atoms with van der Waals surface area (Å²) < 4.78 is 0.289. The summed E-state index contributed by atoms with van der Waals surface area (Å²) >= 11 is 0. The van der Waals surface area contributed by atoms with Crippen molar-refractivity contribution < 1.29 is 0 Å². The molecule has 168 valence electrons. The summed E-state index contributed by atoms with van der Waals surface area (Å²) in [5, 5.41) is 2.57. The summed E-state index contributed by atoms with van der Waals surface area (Å²) in [6.07, 6.45) is 1.99. The Morgan fingerprint density at radius 3 is 1.87 bits per heavy atom. The molecule has 0 radical (unpaired) electrons. The van der Waals surface area contributed by atoms with Gasteiger partial charge in [-0.3, -0.25) is 4.98 Å². The van der Waals surface area contributed by atoms with Crippen LogP contribution in [0.15, 0.2) is 53.6 Å². The highest BCUT2D eigenvalue weighted by molar-refractivity contribution is 8.34. The van der Waals surface area contributed by atoms with Crippen molar-refractivity contribution in [3.63, 3.8) is 0 Å². The highest BCUT2D eigenvalue weighted by Gasteiger charge is 2.35. The number of rotatable bonds is 6. The summed E-state index contributed by atoms with van der Waals surface area (Å²) in [4.78, 5) is 6.40. The highest BCUT2D eigenvalue weighted by Crippen LogP contribution is 2.64. The summed E-state index contributed by atoms with van der Waals surface area (Å²) in [5.41, 5.74) is 5.14. The van der Waals surface area contributed by atoms with Crippen molar-refractivity contribution in [2.75, 3.05) is 11.5 Å². The average Bonchev–Trinajstić information content (AvgIpc) is 2.73. The van der Waals surface area contributed by atoms with Crippen LogP contribution in [-0.2, 0) is 0 Å². The first-order valence-corrected chi connectivity index (χ1v) is 13.8. The molecule has 0 unspecified atom stereocenters. The number of hydrogen-bond acceptors (Lipinski definition) is 1. The van der Waals surface area contributed by atoms with Crippen LogP contribution in [0.4, 0.5) is 0 Å². The molecule has 3 rings (SSSR count). The Morgan fingerprint density at radius 1 is 0.806 bits per heavy atom. The number of nitrogens with zero attached hydrogens (tertiary/aromatic N) is 1. The summed E-state index contributed by atoms with van der Waals surface area (Å²) in [7, 11) is -0.892. The molecule has 0 N–H and O–H groups in total. The van der Waals surface area contributed by atoms with E-state index in [2.05, 4.69) is 105 Å². The number of aromatic nitrogens is 1. The zero-order chi connectivity index (χ0) is 23.0. The van der Waals surface area contributed by atoms with Crippen LogP contribution < -0.4 is 0 Å². The molecule has 0 aliphatic rings. The highest BCUT2D eigenvalue weighted by atomic mass is 32.3. The van der Waals surface area contributed by atoms with Crippen LogP contribution in [0.5, 0.6) is 0 Å².